The molecule has 0 aliphatic carbocycles. The van der Waals surface area contributed by atoms with Crippen molar-refractivity contribution in [1.82, 2.24) is 9.78 Å². The highest BCUT2D eigenvalue weighted by Crippen LogP contribution is 2.13. The average molecular weight is 244 g/mol. The van der Waals surface area contributed by atoms with Gasteiger partial charge < -0.3 is 10.9 Å². The lowest BCUT2D eigenvalue weighted by Crippen LogP contribution is -2.14. The van der Waals surface area contributed by atoms with Gasteiger partial charge in [-0.25, -0.2) is 4.68 Å². The van der Waals surface area contributed by atoms with Crippen molar-refractivity contribution in [3.05, 3.63) is 47.3 Å². The maximum Gasteiger partial charge on any atom is 0.143 e. The third-order valence-corrected chi connectivity index (χ3v) is 2.70. The minimum absolute atomic E-state index is 0.203. The van der Waals surface area contributed by atoms with E-state index in [-0.39, 0.29) is 5.84 Å². The second-order valence-electron chi connectivity index (χ2n) is 4.27. The summed E-state index contributed by atoms with van der Waals surface area (Å²) in [6.07, 6.45) is 0.438. The highest BCUT2D eigenvalue weighted by molar-refractivity contribution is 5.82. The van der Waals surface area contributed by atoms with E-state index in [4.69, 9.17) is 10.9 Å². The van der Waals surface area contributed by atoms with Gasteiger partial charge in [0.2, 0.25) is 0 Å². The van der Waals surface area contributed by atoms with Gasteiger partial charge in [-0.05, 0) is 37.6 Å². The quantitative estimate of drug-likeness (QED) is 0.374. The minimum Gasteiger partial charge on any atom is -0.409 e. The number of hydrogen-bond donors (Lipinski definition) is 2. The number of amidine groups is 1. The highest BCUT2D eigenvalue weighted by atomic mass is 16.4. The van der Waals surface area contributed by atoms with Crippen LogP contribution in [-0.2, 0) is 6.42 Å². The first-order valence-corrected chi connectivity index (χ1v) is 5.69. The molecule has 0 atom stereocenters. The predicted octanol–water partition coefficient (Wildman–Crippen LogP) is 1.78. The van der Waals surface area contributed by atoms with Crippen LogP contribution >= 0.6 is 0 Å². The van der Waals surface area contributed by atoms with Crippen LogP contribution in [0.3, 0.4) is 0 Å². The molecule has 0 bridgehead atoms. The molecule has 2 rings (SSSR count). The van der Waals surface area contributed by atoms with Gasteiger partial charge in [0.15, 0.2) is 0 Å². The van der Waals surface area contributed by atoms with Crippen LogP contribution in [0.15, 0.2) is 35.5 Å². The van der Waals surface area contributed by atoms with Crippen molar-refractivity contribution in [2.24, 2.45) is 10.9 Å². The van der Waals surface area contributed by atoms with Gasteiger partial charge >= 0.3 is 0 Å². The molecule has 0 unspecified atom stereocenters. The van der Waals surface area contributed by atoms with Gasteiger partial charge in [-0.3, -0.25) is 0 Å². The van der Waals surface area contributed by atoms with Crippen molar-refractivity contribution in [2.75, 3.05) is 0 Å². The first-order chi connectivity index (χ1) is 8.60. The minimum atomic E-state index is 0.203. The molecule has 0 spiro atoms. The summed E-state index contributed by atoms with van der Waals surface area (Å²) >= 11 is 0. The second kappa shape index (κ2) is 4.91. The van der Waals surface area contributed by atoms with Gasteiger partial charge in [-0.15, -0.1) is 0 Å². The smallest absolute Gasteiger partial charge is 0.143 e. The summed E-state index contributed by atoms with van der Waals surface area (Å²) in [5.74, 6) is 0.203. The maximum absolute atomic E-state index is 8.52. The Bertz CT molecular complexity index is 569. The molecule has 94 valence electrons. The summed E-state index contributed by atoms with van der Waals surface area (Å²) < 4.78 is 1.89. The number of aromatic nitrogens is 2. The van der Waals surface area contributed by atoms with Crippen LogP contribution in [0.4, 0.5) is 0 Å². The molecule has 0 fully saturated rings. The van der Waals surface area contributed by atoms with Crippen molar-refractivity contribution in [3.63, 3.8) is 0 Å². The summed E-state index contributed by atoms with van der Waals surface area (Å²) in [7, 11) is 0. The molecular formula is C13H16N4O. The largest absolute Gasteiger partial charge is 0.409 e. The molecule has 18 heavy (non-hydrogen) atoms. The Morgan fingerprint density at radius 1 is 1.33 bits per heavy atom. The fraction of sp³-hybridized carbons (Fsp3) is 0.231. The zero-order chi connectivity index (χ0) is 13.1. The lowest BCUT2D eigenvalue weighted by molar-refractivity contribution is 0.317. The van der Waals surface area contributed by atoms with Crippen LogP contribution < -0.4 is 5.73 Å². The van der Waals surface area contributed by atoms with Crippen molar-refractivity contribution in [1.29, 1.82) is 0 Å². The Hall–Kier alpha value is -2.30. The molecule has 1 heterocycles. The Labute approximate surface area is 106 Å². The van der Waals surface area contributed by atoms with Gasteiger partial charge in [0, 0.05) is 12.1 Å². The van der Waals surface area contributed by atoms with Crippen molar-refractivity contribution >= 4 is 5.84 Å². The van der Waals surface area contributed by atoms with E-state index in [2.05, 4.69) is 10.3 Å². The molecule has 0 aliphatic rings. The van der Waals surface area contributed by atoms with Gasteiger partial charge in [0.25, 0.3) is 0 Å². The fourth-order valence-corrected chi connectivity index (χ4v) is 1.89. The fourth-order valence-electron chi connectivity index (χ4n) is 1.89. The molecule has 0 saturated heterocycles. The van der Waals surface area contributed by atoms with Gasteiger partial charge in [-0.1, -0.05) is 17.3 Å². The van der Waals surface area contributed by atoms with Crippen molar-refractivity contribution < 1.29 is 5.21 Å². The van der Waals surface area contributed by atoms with E-state index in [1.165, 1.54) is 0 Å². The molecule has 0 saturated carbocycles. The van der Waals surface area contributed by atoms with E-state index < -0.39 is 0 Å². The number of hydrogen-bond acceptors (Lipinski definition) is 3. The predicted molar refractivity (Wildman–Crippen MR) is 70.2 cm³/mol. The van der Waals surface area contributed by atoms with Crippen LogP contribution in [0.25, 0.3) is 5.69 Å². The molecule has 3 N–H and O–H groups in total. The van der Waals surface area contributed by atoms with Crippen LogP contribution in [-0.4, -0.2) is 20.8 Å². The topological polar surface area (TPSA) is 76.4 Å². The number of rotatable bonds is 3. The first kappa shape index (κ1) is 12.2. The Kier molecular flexibility index (Phi) is 3.32. The highest BCUT2D eigenvalue weighted by Gasteiger charge is 2.04. The number of oxime groups is 1. The van der Waals surface area contributed by atoms with Crippen LogP contribution in [0.1, 0.15) is 17.0 Å². The normalized spacial score (nSPS) is 11.8. The standard InChI is InChI=1S/C13H16N4O/c1-9-7-10(2)17(15-9)12-5-3-11(4-6-12)8-13(14)16-18/h3-7,18H,8H2,1-2H3,(H2,14,16). The number of nitrogens with zero attached hydrogens (tertiary/aromatic N) is 3. The molecule has 2 aromatic rings. The summed E-state index contributed by atoms with van der Waals surface area (Å²) in [5.41, 5.74) is 9.55. The van der Waals surface area contributed by atoms with Crippen LogP contribution in [0.5, 0.6) is 0 Å². The lowest BCUT2D eigenvalue weighted by Gasteiger charge is -2.05. The lowest BCUT2D eigenvalue weighted by atomic mass is 10.1. The van der Waals surface area contributed by atoms with Gasteiger partial charge in [-0.2, -0.15) is 5.10 Å². The number of benzene rings is 1. The average Bonchev–Trinajstić information content (AvgIpc) is 2.69. The molecule has 0 amide bonds. The van der Waals surface area contributed by atoms with Crippen LogP contribution in [0, 0.1) is 13.8 Å². The summed E-state index contributed by atoms with van der Waals surface area (Å²) in [4.78, 5) is 0. The zero-order valence-electron chi connectivity index (χ0n) is 10.5. The van der Waals surface area contributed by atoms with Crippen molar-refractivity contribution in [3.8, 4) is 5.69 Å². The number of aryl methyl sites for hydroxylation is 2. The summed E-state index contributed by atoms with van der Waals surface area (Å²) in [6.45, 7) is 3.99. The third-order valence-electron chi connectivity index (χ3n) is 2.70. The molecule has 5 nitrogen and oxygen atoms in total. The van der Waals surface area contributed by atoms with E-state index in [0.29, 0.717) is 6.42 Å². The molecule has 5 heteroatoms. The monoisotopic (exact) mass is 244 g/mol. The number of nitrogens with two attached hydrogens (primary N) is 1. The Balaban J connectivity index is 2.25. The molecular weight excluding hydrogens is 228 g/mol. The zero-order valence-corrected chi connectivity index (χ0v) is 10.5. The van der Waals surface area contributed by atoms with Gasteiger partial charge in [0.05, 0.1) is 11.4 Å². The Morgan fingerprint density at radius 3 is 2.50 bits per heavy atom. The van der Waals surface area contributed by atoms with E-state index in [9.17, 15) is 0 Å². The third kappa shape index (κ3) is 2.51. The van der Waals surface area contributed by atoms with Crippen LogP contribution in [0.2, 0.25) is 0 Å². The molecule has 0 aliphatic heterocycles. The molecule has 0 radical (unpaired) electrons. The summed E-state index contributed by atoms with van der Waals surface area (Å²) in [6, 6.07) is 9.87. The van der Waals surface area contributed by atoms with E-state index >= 15 is 0 Å². The van der Waals surface area contributed by atoms with Gasteiger partial charge in [0.1, 0.15) is 5.84 Å². The summed E-state index contributed by atoms with van der Waals surface area (Å²) in [5, 5.41) is 15.9. The molecule has 1 aromatic carbocycles. The van der Waals surface area contributed by atoms with E-state index in [1.807, 2.05) is 48.9 Å². The Morgan fingerprint density at radius 2 is 2.00 bits per heavy atom. The second-order valence-corrected chi connectivity index (χ2v) is 4.27. The first-order valence-electron chi connectivity index (χ1n) is 5.69. The molecule has 1 aromatic heterocycles. The SMILES string of the molecule is Cc1cc(C)n(-c2ccc(C/C(N)=N/O)cc2)n1. The van der Waals surface area contributed by atoms with E-state index in [0.717, 1.165) is 22.6 Å². The van der Waals surface area contributed by atoms with Crippen molar-refractivity contribution in [2.45, 2.75) is 20.3 Å². The maximum atomic E-state index is 8.52. The van der Waals surface area contributed by atoms with E-state index in [1.54, 1.807) is 0 Å².